The summed E-state index contributed by atoms with van der Waals surface area (Å²) in [7, 11) is 1.75. The predicted octanol–water partition coefficient (Wildman–Crippen LogP) is 3.20. The molecule has 1 saturated heterocycles. The molecular formula is C24H32IN5O. The van der Waals surface area contributed by atoms with E-state index in [2.05, 4.69) is 56.9 Å². The molecule has 166 valence electrons. The van der Waals surface area contributed by atoms with Crippen LogP contribution in [0.1, 0.15) is 30.0 Å². The Morgan fingerprint density at radius 2 is 1.71 bits per heavy atom. The smallest absolute Gasteiger partial charge is 0.246 e. The molecule has 0 aliphatic carbocycles. The van der Waals surface area contributed by atoms with Gasteiger partial charge >= 0.3 is 0 Å². The average molecular weight is 533 g/mol. The number of guanidine groups is 1. The molecule has 0 saturated carbocycles. The summed E-state index contributed by atoms with van der Waals surface area (Å²) in [6, 6.07) is 19.1. The number of hydrogen-bond donors (Lipinski definition) is 2. The van der Waals surface area contributed by atoms with Gasteiger partial charge in [0.15, 0.2) is 5.96 Å². The first-order valence-corrected chi connectivity index (χ1v) is 10.9. The van der Waals surface area contributed by atoms with E-state index in [9.17, 15) is 4.79 Å². The molecule has 0 radical (unpaired) electrons. The van der Waals surface area contributed by atoms with E-state index in [1.54, 1.807) is 7.05 Å². The van der Waals surface area contributed by atoms with Crippen LogP contribution in [0.3, 0.4) is 0 Å². The quantitative estimate of drug-likeness (QED) is 0.340. The monoisotopic (exact) mass is 533 g/mol. The lowest BCUT2D eigenvalue weighted by atomic mass is 10.1. The maximum Gasteiger partial charge on any atom is 0.246 e. The van der Waals surface area contributed by atoms with Crippen molar-refractivity contribution in [3.63, 3.8) is 0 Å². The summed E-state index contributed by atoms with van der Waals surface area (Å²) >= 11 is 0. The van der Waals surface area contributed by atoms with Gasteiger partial charge in [-0.25, -0.2) is 0 Å². The van der Waals surface area contributed by atoms with E-state index in [0.717, 1.165) is 38.3 Å². The van der Waals surface area contributed by atoms with E-state index in [-0.39, 0.29) is 36.4 Å². The molecule has 7 heteroatoms. The summed E-state index contributed by atoms with van der Waals surface area (Å²) in [5.41, 5.74) is 3.59. The molecule has 2 heterocycles. The molecular weight excluding hydrogens is 501 g/mol. The fourth-order valence-corrected chi connectivity index (χ4v) is 4.45. The molecule has 31 heavy (non-hydrogen) atoms. The standard InChI is InChI=1S/C24H31N5O.HI/c1-25-24(27-18-23(30)29-16-13-20-11-5-6-12-21(20)29)26-17-22(28-14-7-8-15-28)19-9-3-2-4-10-19;/h2-6,9-12,22H,7-8,13-18H2,1H3,(H2,25,26,27);1H. The highest BCUT2D eigenvalue weighted by Gasteiger charge is 2.25. The second-order valence-corrected chi connectivity index (χ2v) is 7.90. The zero-order chi connectivity index (χ0) is 20.8. The van der Waals surface area contributed by atoms with Gasteiger partial charge in [0, 0.05) is 25.8 Å². The lowest BCUT2D eigenvalue weighted by molar-refractivity contribution is -0.117. The normalized spacial score (nSPS) is 17.1. The van der Waals surface area contributed by atoms with Crippen molar-refractivity contribution >= 4 is 41.5 Å². The van der Waals surface area contributed by atoms with Crippen molar-refractivity contribution in [2.24, 2.45) is 4.99 Å². The number of nitrogens with one attached hydrogen (secondary N) is 2. The molecule has 1 amide bonds. The Morgan fingerprint density at radius 3 is 2.45 bits per heavy atom. The van der Waals surface area contributed by atoms with Crippen LogP contribution in [0.2, 0.25) is 0 Å². The summed E-state index contributed by atoms with van der Waals surface area (Å²) in [5, 5.41) is 6.64. The van der Waals surface area contributed by atoms with Crippen molar-refractivity contribution in [2.75, 3.05) is 44.7 Å². The lowest BCUT2D eigenvalue weighted by Gasteiger charge is -2.29. The number of aliphatic imine (C=N–C) groups is 1. The molecule has 0 aromatic heterocycles. The highest BCUT2D eigenvalue weighted by atomic mass is 127. The van der Waals surface area contributed by atoms with Crippen molar-refractivity contribution in [3.05, 3.63) is 65.7 Å². The van der Waals surface area contributed by atoms with E-state index in [4.69, 9.17) is 0 Å². The summed E-state index contributed by atoms with van der Waals surface area (Å²) in [4.78, 5) is 21.5. The molecule has 2 aromatic carbocycles. The number of carbonyl (C=O) groups excluding carboxylic acids is 1. The SMILES string of the molecule is CN=C(NCC(=O)N1CCc2ccccc21)NCC(c1ccccc1)N1CCCC1.I. The van der Waals surface area contributed by atoms with Crippen LogP contribution in [-0.2, 0) is 11.2 Å². The van der Waals surface area contributed by atoms with Gasteiger partial charge in [-0.05, 0) is 49.5 Å². The zero-order valence-corrected chi connectivity index (χ0v) is 20.4. The Hall–Kier alpha value is -2.13. The third-order valence-electron chi connectivity index (χ3n) is 6.05. The summed E-state index contributed by atoms with van der Waals surface area (Å²) in [6.07, 6.45) is 3.42. The Labute approximate surface area is 202 Å². The number of para-hydroxylation sites is 1. The maximum absolute atomic E-state index is 12.8. The molecule has 2 aromatic rings. The first kappa shape index (κ1) is 23.5. The van der Waals surface area contributed by atoms with Crippen LogP contribution in [0.15, 0.2) is 59.6 Å². The van der Waals surface area contributed by atoms with E-state index in [1.165, 1.54) is 24.0 Å². The van der Waals surface area contributed by atoms with Crippen LogP contribution < -0.4 is 15.5 Å². The topological polar surface area (TPSA) is 60.0 Å². The van der Waals surface area contributed by atoms with E-state index < -0.39 is 0 Å². The van der Waals surface area contributed by atoms with Crippen LogP contribution in [0.4, 0.5) is 5.69 Å². The first-order chi connectivity index (χ1) is 14.8. The van der Waals surface area contributed by atoms with Crippen molar-refractivity contribution in [3.8, 4) is 0 Å². The van der Waals surface area contributed by atoms with Gasteiger partial charge in [-0.3, -0.25) is 14.7 Å². The molecule has 2 aliphatic rings. The van der Waals surface area contributed by atoms with E-state index >= 15 is 0 Å². The summed E-state index contributed by atoms with van der Waals surface area (Å²) < 4.78 is 0. The second kappa shape index (κ2) is 11.5. The second-order valence-electron chi connectivity index (χ2n) is 7.90. The number of likely N-dealkylation sites (tertiary alicyclic amines) is 1. The number of fused-ring (bicyclic) bond motifs is 1. The minimum Gasteiger partial charge on any atom is -0.354 e. The predicted molar refractivity (Wildman–Crippen MR) is 137 cm³/mol. The number of hydrogen-bond acceptors (Lipinski definition) is 3. The molecule has 0 bridgehead atoms. The van der Waals surface area contributed by atoms with Crippen molar-refractivity contribution in [2.45, 2.75) is 25.3 Å². The number of rotatable bonds is 6. The maximum atomic E-state index is 12.8. The van der Waals surface area contributed by atoms with Crippen LogP contribution in [0.5, 0.6) is 0 Å². The summed E-state index contributed by atoms with van der Waals surface area (Å²) in [6.45, 7) is 3.98. The van der Waals surface area contributed by atoms with Gasteiger partial charge in [-0.15, -0.1) is 24.0 Å². The molecule has 0 spiro atoms. The number of amides is 1. The number of halogens is 1. The Kier molecular flexibility index (Phi) is 8.71. The molecule has 2 aliphatic heterocycles. The fourth-order valence-electron chi connectivity index (χ4n) is 4.45. The average Bonchev–Trinajstić information content (AvgIpc) is 3.47. The fraction of sp³-hybridized carbons (Fsp3) is 0.417. The number of benzene rings is 2. The van der Waals surface area contributed by atoms with Crippen LogP contribution in [0, 0.1) is 0 Å². The van der Waals surface area contributed by atoms with Crippen molar-refractivity contribution in [1.82, 2.24) is 15.5 Å². The number of nitrogens with zero attached hydrogens (tertiary/aromatic N) is 3. The van der Waals surface area contributed by atoms with Crippen molar-refractivity contribution < 1.29 is 4.79 Å². The van der Waals surface area contributed by atoms with E-state index in [1.807, 2.05) is 23.1 Å². The third kappa shape index (κ3) is 5.77. The number of carbonyl (C=O) groups is 1. The number of anilines is 1. The molecule has 1 fully saturated rings. The molecule has 1 unspecified atom stereocenters. The lowest BCUT2D eigenvalue weighted by Crippen LogP contribution is -2.46. The Morgan fingerprint density at radius 1 is 1.00 bits per heavy atom. The van der Waals surface area contributed by atoms with Gasteiger partial charge in [0.05, 0.1) is 12.6 Å². The van der Waals surface area contributed by atoms with Gasteiger partial charge in [-0.1, -0.05) is 48.5 Å². The van der Waals surface area contributed by atoms with E-state index in [0.29, 0.717) is 12.0 Å². The molecule has 2 N–H and O–H groups in total. The van der Waals surface area contributed by atoms with Crippen LogP contribution in [0.25, 0.3) is 0 Å². The van der Waals surface area contributed by atoms with Gasteiger partial charge < -0.3 is 15.5 Å². The third-order valence-corrected chi connectivity index (χ3v) is 6.05. The van der Waals surface area contributed by atoms with Crippen molar-refractivity contribution in [1.29, 1.82) is 0 Å². The summed E-state index contributed by atoms with van der Waals surface area (Å²) in [5.74, 6) is 0.734. The van der Waals surface area contributed by atoms with Crippen LogP contribution >= 0.6 is 24.0 Å². The van der Waals surface area contributed by atoms with Crippen LogP contribution in [-0.4, -0.2) is 56.5 Å². The highest BCUT2D eigenvalue weighted by Crippen LogP contribution is 2.27. The van der Waals surface area contributed by atoms with Gasteiger partial charge in [0.1, 0.15) is 0 Å². The largest absolute Gasteiger partial charge is 0.354 e. The first-order valence-electron chi connectivity index (χ1n) is 10.9. The van der Waals surface area contributed by atoms with Gasteiger partial charge in [0.2, 0.25) is 5.91 Å². The Balaban J connectivity index is 0.00000272. The molecule has 4 rings (SSSR count). The minimum absolute atomic E-state index is 0. The van der Waals surface area contributed by atoms with Gasteiger partial charge in [-0.2, -0.15) is 0 Å². The molecule has 6 nitrogen and oxygen atoms in total. The molecule has 1 atom stereocenters. The zero-order valence-electron chi connectivity index (χ0n) is 18.1. The van der Waals surface area contributed by atoms with Gasteiger partial charge in [0.25, 0.3) is 0 Å². The minimum atomic E-state index is 0. The Bertz CT molecular complexity index is 883. The highest BCUT2D eigenvalue weighted by molar-refractivity contribution is 14.0.